The maximum absolute atomic E-state index is 10.8. The van der Waals surface area contributed by atoms with Crippen LogP contribution in [0.3, 0.4) is 0 Å². The third-order valence-electron chi connectivity index (χ3n) is 2.32. The molecule has 0 aliphatic rings. The average molecular weight is 301 g/mol. The number of benzene rings is 1. The van der Waals surface area contributed by atoms with E-state index in [1.807, 2.05) is 0 Å². The van der Waals surface area contributed by atoms with E-state index in [-0.39, 0.29) is 11.5 Å². The first kappa shape index (κ1) is 15.8. The number of hydrogen-bond acceptors (Lipinski definition) is 4. The second-order valence-corrected chi connectivity index (χ2v) is 4.23. The Labute approximate surface area is 120 Å². The molecule has 0 spiro atoms. The minimum Gasteiger partial charge on any atom is -0.493 e. The maximum Gasteiger partial charge on any atom is 0.344 e. The molecule has 0 saturated carbocycles. The number of carboxylic acid groups (broad SMARTS) is 2. The molecule has 7 heteroatoms. The zero-order valence-electron chi connectivity index (χ0n) is 10.8. The van der Waals surface area contributed by atoms with Gasteiger partial charge < -0.3 is 19.7 Å². The van der Waals surface area contributed by atoms with Gasteiger partial charge in [0.25, 0.3) is 0 Å². The zero-order valence-corrected chi connectivity index (χ0v) is 11.5. The Bertz CT molecular complexity index is 552. The van der Waals surface area contributed by atoms with Crippen LogP contribution in [-0.4, -0.2) is 35.4 Å². The van der Waals surface area contributed by atoms with Gasteiger partial charge >= 0.3 is 11.9 Å². The van der Waals surface area contributed by atoms with Crippen molar-refractivity contribution in [1.82, 2.24) is 0 Å². The molecule has 0 amide bonds. The Morgan fingerprint density at radius 1 is 1.35 bits per heavy atom. The van der Waals surface area contributed by atoms with Crippen LogP contribution < -0.4 is 9.47 Å². The second-order valence-electron chi connectivity index (χ2n) is 3.80. The van der Waals surface area contributed by atoms with Crippen LogP contribution in [0.25, 0.3) is 6.08 Å². The molecule has 0 bridgehead atoms. The zero-order chi connectivity index (χ0) is 15.3. The summed E-state index contributed by atoms with van der Waals surface area (Å²) in [5, 5.41) is 17.8. The number of carboxylic acids is 2. The van der Waals surface area contributed by atoms with E-state index >= 15 is 0 Å². The smallest absolute Gasteiger partial charge is 0.344 e. The highest BCUT2D eigenvalue weighted by molar-refractivity contribution is 6.31. The summed E-state index contributed by atoms with van der Waals surface area (Å²) in [6, 6.07) is 2.90. The summed E-state index contributed by atoms with van der Waals surface area (Å²) in [4.78, 5) is 21.4. The number of halogens is 1. The Hall–Kier alpha value is -2.21. The van der Waals surface area contributed by atoms with Gasteiger partial charge in [0.15, 0.2) is 17.6 Å². The number of methoxy groups -OCH3 is 1. The number of hydrogen-bond donors (Lipinski definition) is 2. The fraction of sp³-hybridized carbons (Fsp3) is 0.231. The molecule has 0 aliphatic carbocycles. The molecule has 1 unspecified atom stereocenters. The minimum absolute atomic E-state index is 0.115. The van der Waals surface area contributed by atoms with Gasteiger partial charge in [-0.1, -0.05) is 11.6 Å². The number of ether oxygens (including phenoxy) is 2. The van der Waals surface area contributed by atoms with Gasteiger partial charge in [0.2, 0.25) is 0 Å². The Balaban J connectivity index is 3.28. The second kappa shape index (κ2) is 6.81. The van der Waals surface area contributed by atoms with Gasteiger partial charge in [-0.05, 0) is 19.1 Å². The summed E-state index contributed by atoms with van der Waals surface area (Å²) in [6.07, 6.45) is 1.02. The van der Waals surface area contributed by atoms with E-state index in [0.717, 1.165) is 6.08 Å². The average Bonchev–Trinajstić information content (AvgIpc) is 2.37. The molecule has 0 radical (unpaired) electrons. The lowest BCUT2D eigenvalue weighted by Gasteiger charge is -2.16. The van der Waals surface area contributed by atoms with Crippen LogP contribution in [0.1, 0.15) is 12.5 Å². The lowest BCUT2D eigenvalue weighted by Crippen LogP contribution is -2.23. The van der Waals surface area contributed by atoms with Crippen molar-refractivity contribution in [2.75, 3.05) is 7.11 Å². The van der Waals surface area contributed by atoms with Gasteiger partial charge in [-0.2, -0.15) is 0 Å². The third kappa shape index (κ3) is 4.17. The van der Waals surface area contributed by atoms with E-state index < -0.39 is 18.0 Å². The highest BCUT2D eigenvalue weighted by Crippen LogP contribution is 2.36. The maximum atomic E-state index is 10.8. The normalized spacial score (nSPS) is 12.2. The highest BCUT2D eigenvalue weighted by Gasteiger charge is 2.18. The molecule has 2 N–H and O–H groups in total. The molecule has 6 nitrogen and oxygen atoms in total. The predicted molar refractivity (Wildman–Crippen MR) is 72.4 cm³/mol. The molecule has 1 atom stereocenters. The molecule has 0 fully saturated rings. The van der Waals surface area contributed by atoms with Crippen molar-refractivity contribution < 1.29 is 29.3 Å². The lowest BCUT2D eigenvalue weighted by atomic mass is 10.1. The van der Waals surface area contributed by atoms with Crippen LogP contribution in [0.5, 0.6) is 11.5 Å². The van der Waals surface area contributed by atoms with Gasteiger partial charge in [0.1, 0.15) is 0 Å². The van der Waals surface area contributed by atoms with E-state index in [4.69, 9.17) is 31.3 Å². The van der Waals surface area contributed by atoms with Crippen LogP contribution in [0.15, 0.2) is 18.2 Å². The van der Waals surface area contributed by atoms with Gasteiger partial charge in [-0.15, -0.1) is 0 Å². The van der Waals surface area contributed by atoms with Crippen LogP contribution >= 0.6 is 11.6 Å². The van der Waals surface area contributed by atoms with Crippen molar-refractivity contribution in [3.8, 4) is 11.5 Å². The van der Waals surface area contributed by atoms with Crippen molar-refractivity contribution >= 4 is 29.6 Å². The minimum atomic E-state index is -1.16. The molecular weight excluding hydrogens is 288 g/mol. The van der Waals surface area contributed by atoms with Gasteiger partial charge in [0, 0.05) is 22.7 Å². The van der Waals surface area contributed by atoms with Crippen LogP contribution in [-0.2, 0) is 9.59 Å². The number of carbonyl (C=O) groups is 2. The molecule has 1 rings (SSSR count). The molecule has 0 heterocycles. The Morgan fingerprint density at radius 2 is 2.00 bits per heavy atom. The van der Waals surface area contributed by atoms with Crippen LogP contribution in [0.4, 0.5) is 0 Å². The quantitative estimate of drug-likeness (QED) is 0.783. The van der Waals surface area contributed by atoms with Crippen molar-refractivity contribution in [1.29, 1.82) is 0 Å². The molecular formula is C13H13ClO6. The standard InChI is InChI=1S/C13H13ClO6/c1-7(13(17)18)20-12-8(3-4-11(15)16)5-9(14)6-10(12)19-2/h3-7H,1-2H3,(H,15,16)(H,17,18)/b4-3+. The van der Waals surface area contributed by atoms with Crippen LogP contribution in [0, 0.1) is 0 Å². The fourth-order valence-electron chi connectivity index (χ4n) is 1.38. The molecule has 20 heavy (non-hydrogen) atoms. The van der Waals surface area contributed by atoms with Crippen LogP contribution in [0.2, 0.25) is 5.02 Å². The molecule has 108 valence electrons. The summed E-state index contributed by atoms with van der Waals surface area (Å²) in [6.45, 7) is 1.35. The Kier molecular flexibility index (Phi) is 5.40. The Morgan fingerprint density at radius 3 is 2.50 bits per heavy atom. The first-order valence-electron chi connectivity index (χ1n) is 5.53. The van der Waals surface area contributed by atoms with Gasteiger partial charge in [0.05, 0.1) is 7.11 Å². The monoisotopic (exact) mass is 300 g/mol. The van der Waals surface area contributed by atoms with E-state index in [1.54, 1.807) is 0 Å². The van der Waals surface area contributed by atoms with Crippen molar-refractivity contribution in [2.24, 2.45) is 0 Å². The van der Waals surface area contributed by atoms with E-state index in [2.05, 4.69) is 0 Å². The number of rotatable bonds is 6. The van der Waals surface area contributed by atoms with Crippen molar-refractivity contribution in [2.45, 2.75) is 13.0 Å². The van der Waals surface area contributed by atoms with Crippen molar-refractivity contribution in [3.05, 3.63) is 28.8 Å². The molecule has 1 aromatic rings. The van der Waals surface area contributed by atoms with E-state index in [9.17, 15) is 9.59 Å². The summed E-state index contributed by atoms with van der Waals surface area (Å²) in [5.74, 6) is -1.98. The first-order chi connectivity index (χ1) is 9.35. The van der Waals surface area contributed by atoms with Gasteiger partial charge in [-0.3, -0.25) is 0 Å². The summed E-state index contributed by atoms with van der Waals surface area (Å²) in [7, 11) is 1.37. The molecule has 0 aromatic heterocycles. The topological polar surface area (TPSA) is 93.1 Å². The molecule has 1 aromatic carbocycles. The lowest BCUT2D eigenvalue weighted by molar-refractivity contribution is -0.144. The molecule has 0 saturated heterocycles. The summed E-state index contributed by atoms with van der Waals surface area (Å²) < 4.78 is 10.4. The predicted octanol–water partition coefficient (Wildman–Crippen LogP) is 2.30. The number of aliphatic carboxylic acids is 2. The van der Waals surface area contributed by atoms with Gasteiger partial charge in [-0.25, -0.2) is 9.59 Å². The largest absolute Gasteiger partial charge is 0.493 e. The SMILES string of the molecule is COc1cc(Cl)cc(/C=C/C(=O)O)c1OC(C)C(=O)O. The summed E-state index contributed by atoms with van der Waals surface area (Å²) >= 11 is 5.88. The fourth-order valence-corrected chi connectivity index (χ4v) is 1.60. The first-order valence-corrected chi connectivity index (χ1v) is 5.91. The summed E-state index contributed by atoms with van der Waals surface area (Å²) in [5.41, 5.74) is 0.310. The third-order valence-corrected chi connectivity index (χ3v) is 2.53. The molecule has 0 aliphatic heterocycles. The van der Waals surface area contributed by atoms with Crippen molar-refractivity contribution in [3.63, 3.8) is 0 Å². The van der Waals surface area contributed by atoms with E-state index in [1.165, 1.54) is 32.2 Å². The van der Waals surface area contributed by atoms with E-state index in [0.29, 0.717) is 10.6 Å². The highest BCUT2D eigenvalue weighted by atomic mass is 35.5.